The molecule has 9 rings (SSSR count). The van der Waals surface area contributed by atoms with Crippen LogP contribution in [0.3, 0.4) is 0 Å². The zero-order chi connectivity index (χ0) is 24.1. The minimum atomic E-state index is 0.835. The fourth-order valence-electron chi connectivity index (χ4n) is 6.75. The molecule has 172 valence electrons. The van der Waals surface area contributed by atoms with E-state index in [0.29, 0.717) is 0 Å². The maximum Gasteiger partial charge on any atom is 0.0619 e. The van der Waals surface area contributed by atoms with E-state index in [0.717, 1.165) is 6.54 Å². The van der Waals surface area contributed by atoms with Crippen LogP contribution in [0.15, 0.2) is 121 Å². The van der Waals surface area contributed by atoms with Gasteiger partial charge in [-0.15, -0.1) is 0 Å². The average molecular weight is 471 g/mol. The Morgan fingerprint density at radius 3 is 1.97 bits per heavy atom. The summed E-state index contributed by atoms with van der Waals surface area (Å²) in [6, 6.07) is 44.7. The van der Waals surface area contributed by atoms with Gasteiger partial charge in [-0.1, -0.05) is 91.0 Å². The van der Waals surface area contributed by atoms with Crippen LogP contribution in [-0.4, -0.2) is 8.97 Å². The van der Waals surface area contributed by atoms with E-state index in [1.807, 2.05) is 0 Å². The standard InChI is InChI=1S/C35H22N2/c1-2-9-24-20-22(18-19-23(24)8-1)21-36-30-15-6-11-26-28-13-5-12-27-25-10-3-4-14-29(25)37(35(27)28)32-17-7-16-31(36)34(32)33(26)30/h1-20H,21H2. The van der Waals surface area contributed by atoms with Gasteiger partial charge in [0.05, 0.1) is 27.6 Å². The Kier molecular flexibility index (Phi) is 3.61. The van der Waals surface area contributed by atoms with Crippen molar-refractivity contribution in [1.29, 1.82) is 0 Å². The molecule has 0 atom stereocenters. The highest BCUT2D eigenvalue weighted by molar-refractivity contribution is 6.30. The first-order valence-electron chi connectivity index (χ1n) is 12.9. The van der Waals surface area contributed by atoms with E-state index >= 15 is 0 Å². The fourth-order valence-corrected chi connectivity index (χ4v) is 6.75. The fraction of sp³-hybridized carbons (Fsp3) is 0.0286. The molecule has 0 aliphatic heterocycles. The molecule has 0 unspecified atom stereocenters. The van der Waals surface area contributed by atoms with E-state index in [2.05, 4.69) is 130 Å². The third kappa shape index (κ3) is 2.45. The summed E-state index contributed by atoms with van der Waals surface area (Å²) in [4.78, 5) is 0. The van der Waals surface area contributed by atoms with Crippen molar-refractivity contribution in [3.05, 3.63) is 127 Å². The lowest BCUT2D eigenvalue weighted by Gasteiger charge is -2.10. The lowest BCUT2D eigenvalue weighted by Crippen LogP contribution is -1.99. The number of rotatable bonds is 2. The maximum absolute atomic E-state index is 2.51. The van der Waals surface area contributed by atoms with E-state index in [4.69, 9.17) is 0 Å². The first-order chi connectivity index (χ1) is 18.4. The molecular formula is C35H22N2. The van der Waals surface area contributed by atoms with Gasteiger partial charge in [-0.2, -0.15) is 0 Å². The number of para-hydroxylation sites is 2. The summed E-state index contributed by atoms with van der Waals surface area (Å²) in [5.41, 5.74) is 7.73. The lowest BCUT2D eigenvalue weighted by molar-refractivity contribution is 0.871. The Bertz CT molecular complexity index is 2330. The van der Waals surface area contributed by atoms with E-state index in [1.54, 1.807) is 0 Å². The molecule has 0 N–H and O–H groups in total. The highest BCUT2D eigenvalue weighted by Gasteiger charge is 2.20. The molecule has 0 aliphatic rings. The SMILES string of the molecule is c1ccc2cc(Cn3c4cccc5c6cccc7c8ccccc8n(c8cccc3c8c54)c67)ccc2c1. The molecule has 3 aromatic heterocycles. The van der Waals surface area contributed by atoms with E-state index in [1.165, 1.54) is 76.2 Å². The molecule has 3 heterocycles. The Labute approximate surface area is 212 Å². The molecule has 0 radical (unpaired) electrons. The van der Waals surface area contributed by atoms with E-state index < -0.39 is 0 Å². The number of aromatic nitrogens is 2. The topological polar surface area (TPSA) is 9.34 Å². The smallest absolute Gasteiger partial charge is 0.0619 e. The van der Waals surface area contributed by atoms with E-state index in [-0.39, 0.29) is 0 Å². The summed E-state index contributed by atoms with van der Waals surface area (Å²) >= 11 is 0. The molecule has 0 bridgehead atoms. The number of hydrogen-bond acceptors (Lipinski definition) is 0. The van der Waals surface area contributed by atoms with Crippen molar-refractivity contribution in [3.8, 4) is 0 Å². The first kappa shape index (κ1) is 19.4. The number of benzene rings is 6. The normalized spacial score (nSPS) is 12.4. The van der Waals surface area contributed by atoms with Crippen molar-refractivity contribution < 1.29 is 0 Å². The molecule has 2 nitrogen and oxygen atoms in total. The van der Waals surface area contributed by atoms with Gasteiger partial charge in [-0.3, -0.25) is 0 Å². The molecule has 0 aliphatic carbocycles. The largest absolute Gasteiger partial charge is 0.336 e. The Balaban J connectivity index is 1.48. The van der Waals surface area contributed by atoms with Crippen LogP contribution in [0.1, 0.15) is 5.56 Å². The van der Waals surface area contributed by atoms with Crippen molar-refractivity contribution in [1.82, 2.24) is 8.97 Å². The summed E-state index contributed by atoms with van der Waals surface area (Å²) < 4.78 is 5.01. The summed E-state index contributed by atoms with van der Waals surface area (Å²) in [7, 11) is 0. The van der Waals surface area contributed by atoms with Crippen molar-refractivity contribution in [2.45, 2.75) is 6.54 Å². The average Bonchev–Trinajstić information content (AvgIpc) is 3.41. The molecule has 2 heteroatoms. The van der Waals surface area contributed by atoms with Crippen molar-refractivity contribution in [3.63, 3.8) is 0 Å². The van der Waals surface area contributed by atoms with Crippen LogP contribution >= 0.6 is 0 Å². The minimum absolute atomic E-state index is 0.835. The van der Waals surface area contributed by atoms with Gasteiger partial charge in [-0.25, -0.2) is 0 Å². The second kappa shape index (κ2) is 6.89. The highest BCUT2D eigenvalue weighted by atomic mass is 15.0. The second-order valence-electron chi connectivity index (χ2n) is 10.2. The van der Waals surface area contributed by atoms with Gasteiger partial charge in [-0.05, 0) is 52.1 Å². The third-order valence-corrected chi connectivity index (χ3v) is 8.27. The first-order valence-corrected chi connectivity index (χ1v) is 12.9. The molecular weight excluding hydrogens is 448 g/mol. The minimum Gasteiger partial charge on any atom is -0.336 e. The van der Waals surface area contributed by atoms with Gasteiger partial charge in [0.15, 0.2) is 0 Å². The van der Waals surface area contributed by atoms with E-state index in [9.17, 15) is 0 Å². The molecule has 6 aromatic carbocycles. The van der Waals surface area contributed by atoms with Gasteiger partial charge >= 0.3 is 0 Å². The predicted octanol–water partition coefficient (Wildman–Crippen LogP) is 9.15. The van der Waals surface area contributed by atoms with Crippen LogP contribution in [-0.2, 0) is 6.54 Å². The predicted molar refractivity (Wildman–Crippen MR) is 157 cm³/mol. The summed E-state index contributed by atoms with van der Waals surface area (Å²) in [5.74, 6) is 0. The molecule has 0 amide bonds. The van der Waals surface area contributed by atoms with Crippen molar-refractivity contribution in [2.75, 3.05) is 0 Å². The molecule has 9 aromatic rings. The van der Waals surface area contributed by atoms with Crippen LogP contribution in [0.25, 0.3) is 70.7 Å². The van der Waals surface area contributed by atoms with Crippen LogP contribution in [0.2, 0.25) is 0 Å². The zero-order valence-corrected chi connectivity index (χ0v) is 20.1. The summed E-state index contributed by atoms with van der Waals surface area (Å²) in [5, 5.41) is 10.5. The third-order valence-electron chi connectivity index (χ3n) is 8.27. The Morgan fingerprint density at radius 2 is 1.05 bits per heavy atom. The molecule has 0 saturated carbocycles. The molecule has 0 saturated heterocycles. The van der Waals surface area contributed by atoms with Gasteiger partial charge in [0, 0.05) is 33.5 Å². The quantitative estimate of drug-likeness (QED) is 0.238. The molecule has 0 spiro atoms. The van der Waals surface area contributed by atoms with Crippen LogP contribution in [0.4, 0.5) is 0 Å². The van der Waals surface area contributed by atoms with Gasteiger partial charge in [0.1, 0.15) is 0 Å². The monoisotopic (exact) mass is 470 g/mol. The number of hydrogen-bond donors (Lipinski definition) is 0. The maximum atomic E-state index is 2.51. The Morgan fingerprint density at radius 1 is 0.432 bits per heavy atom. The lowest BCUT2D eigenvalue weighted by atomic mass is 10.0. The van der Waals surface area contributed by atoms with Gasteiger partial charge in [0.25, 0.3) is 0 Å². The zero-order valence-electron chi connectivity index (χ0n) is 20.1. The summed E-state index contributed by atoms with van der Waals surface area (Å²) in [6.45, 7) is 0.835. The van der Waals surface area contributed by atoms with Crippen LogP contribution < -0.4 is 0 Å². The van der Waals surface area contributed by atoms with Gasteiger partial charge in [0.2, 0.25) is 0 Å². The van der Waals surface area contributed by atoms with Crippen LogP contribution in [0, 0.1) is 0 Å². The summed E-state index contributed by atoms with van der Waals surface area (Å²) in [6.07, 6.45) is 0. The number of fused-ring (bicyclic) bond motifs is 6. The Hall–Kier alpha value is -4.82. The molecule has 0 fully saturated rings. The van der Waals surface area contributed by atoms with Crippen molar-refractivity contribution in [2.24, 2.45) is 0 Å². The van der Waals surface area contributed by atoms with Crippen LogP contribution in [0.5, 0.6) is 0 Å². The second-order valence-corrected chi connectivity index (χ2v) is 10.2. The number of nitrogens with zero attached hydrogens (tertiary/aromatic N) is 2. The van der Waals surface area contributed by atoms with Gasteiger partial charge < -0.3 is 8.97 Å². The highest BCUT2D eigenvalue weighted by Crippen LogP contribution is 2.43. The van der Waals surface area contributed by atoms with Crippen molar-refractivity contribution >= 4 is 70.7 Å². The molecule has 37 heavy (non-hydrogen) atoms.